The molecule has 0 saturated carbocycles. The number of carbonyl (C=O) groups is 1. The molecule has 0 fully saturated rings. The van der Waals surface area contributed by atoms with Gasteiger partial charge in [-0.05, 0) is 49.6 Å². The van der Waals surface area contributed by atoms with Crippen LogP contribution in [-0.4, -0.2) is 5.97 Å². The van der Waals surface area contributed by atoms with Crippen molar-refractivity contribution < 1.29 is 19.1 Å². The van der Waals surface area contributed by atoms with E-state index in [0.29, 0.717) is 11.3 Å². The van der Waals surface area contributed by atoms with Crippen molar-refractivity contribution in [1.82, 2.24) is 0 Å². The smallest absolute Gasteiger partial charge is 0.367 e. The molecule has 0 saturated heterocycles. The number of aryl methyl sites for hydroxylation is 3. The van der Waals surface area contributed by atoms with Crippen molar-refractivity contribution in [1.29, 1.82) is 0 Å². The lowest BCUT2D eigenvalue weighted by Crippen LogP contribution is -2.31. The number of ether oxygens (including phenoxy) is 1. The second-order valence-corrected chi connectivity index (χ2v) is 9.85. The zero-order valence-electron chi connectivity index (χ0n) is 22.3. The number of carboxylic acid groups (broad SMARTS) is 1. The van der Waals surface area contributed by atoms with Gasteiger partial charge in [0.1, 0.15) is 6.10 Å². The first kappa shape index (κ1) is 26.1. The van der Waals surface area contributed by atoms with Gasteiger partial charge in [-0.3, -0.25) is 0 Å². The molecule has 4 aromatic carbocycles. The standard InChI is InChI=1S/C35H30O4/c1-23-9-15-26(16-10-23)30-21-38-33(29-19-13-25(3)14-20-29)32(27-17-11-24(2)12-18-27)31(30)22-39-34(35(36)37)28-7-5-4-6-8-28/h4-21,34H,22H2,1-3H3. The van der Waals surface area contributed by atoms with E-state index in [-0.39, 0.29) is 6.61 Å². The Morgan fingerprint density at radius 3 is 1.77 bits per heavy atom. The SMILES string of the molecule is Cc1ccc(-c2c[o+]c(-c3ccc(C)cc3)c(-c3ccc(C)cc3)c2COC(C(=O)[O-])c2ccccc2)cc1. The van der Waals surface area contributed by atoms with Crippen LogP contribution in [0.4, 0.5) is 0 Å². The molecule has 0 spiro atoms. The zero-order chi connectivity index (χ0) is 27.4. The average Bonchev–Trinajstić information content (AvgIpc) is 2.95. The first-order chi connectivity index (χ1) is 18.9. The van der Waals surface area contributed by atoms with Crippen molar-refractivity contribution in [3.63, 3.8) is 0 Å². The van der Waals surface area contributed by atoms with Crippen LogP contribution in [0.2, 0.25) is 0 Å². The molecule has 1 aromatic heterocycles. The molecule has 1 atom stereocenters. The second-order valence-electron chi connectivity index (χ2n) is 9.85. The third kappa shape index (κ3) is 5.82. The lowest BCUT2D eigenvalue weighted by Gasteiger charge is -2.21. The van der Waals surface area contributed by atoms with Crippen LogP contribution in [0.15, 0.2) is 114 Å². The van der Waals surface area contributed by atoms with Crippen molar-refractivity contribution in [2.45, 2.75) is 33.5 Å². The van der Waals surface area contributed by atoms with Crippen LogP contribution in [-0.2, 0) is 16.1 Å². The molecule has 5 aromatic rings. The molecular formula is C35H30O4. The maximum absolute atomic E-state index is 12.2. The van der Waals surface area contributed by atoms with Gasteiger partial charge in [0.05, 0.1) is 29.3 Å². The Kier molecular flexibility index (Phi) is 7.67. The fourth-order valence-corrected chi connectivity index (χ4v) is 4.68. The van der Waals surface area contributed by atoms with Crippen LogP contribution < -0.4 is 5.11 Å². The summed E-state index contributed by atoms with van der Waals surface area (Å²) >= 11 is 0. The maximum Gasteiger partial charge on any atom is 0.367 e. The molecule has 4 nitrogen and oxygen atoms in total. The minimum atomic E-state index is -1.28. The predicted molar refractivity (Wildman–Crippen MR) is 153 cm³/mol. The van der Waals surface area contributed by atoms with Gasteiger partial charge >= 0.3 is 12.0 Å². The first-order valence-corrected chi connectivity index (χ1v) is 13.0. The molecule has 0 aliphatic rings. The number of rotatable bonds is 8. The van der Waals surface area contributed by atoms with Crippen LogP contribution in [0, 0.1) is 20.8 Å². The first-order valence-electron chi connectivity index (χ1n) is 13.0. The van der Waals surface area contributed by atoms with E-state index in [2.05, 4.69) is 36.4 Å². The Morgan fingerprint density at radius 2 is 1.23 bits per heavy atom. The number of carboxylic acids is 1. The summed E-state index contributed by atoms with van der Waals surface area (Å²) in [5.74, 6) is -0.590. The summed E-state index contributed by atoms with van der Waals surface area (Å²) in [5, 5.41) is 12.2. The van der Waals surface area contributed by atoms with E-state index >= 15 is 0 Å². The number of hydrogen-bond acceptors (Lipinski definition) is 3. The summed E-state index contributed by atoms with van der Waals surface area (Å²) in [6.45, 7) is 6.17. The van der Waals surface area contributed by atoms with Crippen molar-refractivity contribution >= 4 is 5.97 Å². The highest BCUT2D eigenvalue weighted by atomic mass is 16.5. The van der Waals surface area contributed by atoms with Gasteiger partial charge in [-0.15, -0.1) is 0 Å². The maximum atomic E-state index is 12.2. The van der Waals surface area contributed by atoms with Gasteiger partial charge in [-0.1, -0.05) is 108 Å². The van der Waals surface area contributed by atoms with E-state index in [4.69, 9.17) is 9.15 Å². The molecule has 0 aliphatic carbocycles. The van der Waals surface area contributed by atoms with Gasteiger partial charge in [0, 0.05) is 5.56 Å². The van der Waals surface area contributed by atoms with Gasteiger partial charge in [0.2, 0.25) is 0 Å². The molecule has 1 heterocycles. The Morgan fingerprint density at radius 1 is 0.718 bits per heavy atom. The number of benzene rings is 4. The molecule has 39 heavy (non-hydrogen) atoms. The van der Waals surface area contributed by atoms with Gasteiger partial charge in [0.15, 0.2) is 0 Å². The third-order valence-electron chi connectivity index (χ3n) is 6.88. The highest BCUT2D eigenvalue weighted by Gasteiger charge is 2.29. The van der Waals surface area contributed by atoms with Crippen molar-refractivity contribution in [2.24, 2.45) is 0 Å². The number of aliphatic carboxylic acids is 1. The van der Waals surface area contributed by atoms with Crippen molar-refractivity contribution in [3.8, 4) is 33.6 Å². The highest BCUT2D eigenvalue weighted by molar-refractivity contribution is 5.87. The predicted octanol–water partition coefficient (Wildman–Crippen LogP) is 7.49. The van der Waals surface area contributed by atoms with E-state index in [0.717, 1.165) is 50.1 Å². The molecule has 0 aliphatic heterocycles. The Bertz CT molecular complexity index is 1570. The fraction of sp³-hybridized carbons (Fsp3) is 0.143. The van der Waals surface area contributed by atoms with Crippen LogP contribution >= 0.6 is 0 Å². The average molecular weight is 515 g/mol. The normalized spacial score (nSPS) is 11.8. The van der Waals surface area contributed by atoms with Crippen molar-refractivity contribution in [3.05, 3.63) is 137 Å². The molecule has 5 rings (SSSR count). The van der Waals surface area contributed by atoms with E-state index in [9.17, 15) is 9.90 Å². The third-order valence-corrected chi connectivity index (χ3v) is 6.88. The second kappa shape index (κ2) is 11.5. The molecule has 1 unspecified atom stereocenters. The van der Waals surface area contributed by atoms with E-state index in [1.165, 1.54) is 0 Å². The molecular weight excluding hydrogens is 484 g/mol. The van der Waals surface area contributed by atoms with Crippen LogP contribution in [0.1, 0.15) is 33.9 Å². The summed E-state index contributed by atoms with van der Waals surface area (Å²) in [4.78, 5) is 12.2. The number of hydrogen-bond donors (Lipinski definition) is 0. The van der Waals surface area contributed by atoms with Crippen LogP contribution in [0.25, 0.3) is 33.6 Å². The van der Waals surface area contributed by atoms with Crippen LogP contribution in [0.3, 0.4) is 0 Å². The fourth-order valence-electron chi connectivity index (χ4n) is 4.68. The summed E-state index contributed by atoms with van der Waals surface area (Å²) in [6, 6.07) is 33.5. The largest absolute Gasteiger partial charge is 0.547 e. The van der Waals surface area contributed by atoms with Gasteiger partial charge in [-0.2, -0.15) is 0 Å². The highest BCUT2D eigenvalue weighted by Crippen LogP contribution is 2.41. The van der Waals surface area contributed by atoms with E-state index < -0.39 is 12.1 Å². The van der Waals surface area contributed by atoms with Gasteiger partial charge < -0.3 is 14.6 Å². The van der Waals surface area contributed by atoms with E-state index in [1.807, 2.05) is 63.2 Å². The summed E-state index contributed by atoms with van der Waals surface area (Å²) in [5.41, 5.74) is 9.34. The van der Waals surface area contributed by atoms with Crippen LogP contribution in [0.5, 0.6) is 0 Å². The van der Waals surface area contributed by atoms with Gasteiger partial charge in [0.25, 0.3) is 0 Å². The quantitative estimate of drug-likeness (QED) is 0.201. The molecule has 0 bridgehead atoms. The summed E-state index contributed by atoms with van der Waals surface area (Å²) in [7, 11) is 0. The lowest BCUT2D eigenvalue weighted by atomic mass is 9.90. The molecule has 0 N–H and O–H groups in total. The lowest BCUT2D eigenvalue weighted by molar-refractivity contribution is -0.318. The number of carbonyl (C=O) groups excluding carboxylic acids is 1. The molecule has 0 amide bonds. The molecule has 0 radical (unpaired) electrons. The Hall–Kier alpha value is -4.54. The minimum absolute atomic E-state index is 0.0369. The summed E-state index contributed by atoms with van der Waals surface area (Å²) < 4.78 is 12.5. The summed E-state index contributed by atoms with van der Waals surface area (Å²) in [6.07, 6.45) is 0.523. The molecule has 4 heteroatoms. The Balaban J connectivity index is 1.72. The topological polar surface area (TPSA) is 60.7 Å². The minimum Gasteiger partial charge on any atom is -0.547 e. The zero-order valence-corrected chi connectivity index (χ0v) is 22.3. The van der Waals surface area contributed by atoms with E-state index in [1.54, 1.807) is 30.5 Å². The van der Waals surface area contributed by atoms with Crippen molar-refractivity contribution in [2.75, 3.05) is 0 Å². The Labute approximate surface area is 229 Å². The monoisotopic (exact) mass is 514 g/mol. The molecule has 194 valence electrons. The van der Waals surface area contributed by atoms with Gasteiger partial charge in [-0.25, -0.2) is 4.42 Å².